The molecule has 5 rings (SSSR count). The van der Waals surface area contributed by atoms with Gasteiger partial charge >= 0.3 is 6.09 Å². The topological polar surface area (TPSA) is 121 Å². The second kappa shape index (κ2) is 10.9. The van der Waals surface area contributed by atoms with Crippen molar-refractivity contribution >= 4 is 39.5 Å². The molecule has 38 heavy (non-hydrogen) atoms. The van der Waals surface area contributed by atoms with Gasteiger partial charge < -0.3 is 15.3 Å². The molecule has 0 spiro atoms. The van der Waals surface area contributed by atoms with E-state index in [0.717, 1.165) is 23.3 Å². The van der Waals surface area contributed by atoms with Gasteiger partial charge in [-0.05, 0) is 32.9 Å². The molecule has 11 nitrogen and oxygen atoms in total. The maximum absolute atomic E-state index is 13.3. The molecule has 4 heterocycles. The van der Waals surface area contributed by atoms with Gasteiger partial charge in [0.05, 0.1) is 46.1 Å². The maximum atomic E-state index is 13.3. The third-order valence-electron chi connectivity index (χ3n) is 7.17. The van der Waals surface area contributed by atoms with Gasteiger partial charge in [-0.2, -0.15) is 10.2 Å². The molecule has 1 saturated carbocycles. The number of hydrogen-bond acceptors (Lipinski definition) is 7. The molecule has 4 aromatic rings. The second-order valence-corrected chi connectivity index (χ2v) is 10.8. The third-order valence-corrected chi connectivity index (χ3v) is 8.33. The number of carbonyl (C=O) groups is 2. The SMILES string of the molecule is Cc1ncc(N(CCN(C)C2CCCCC2)C(=O)O)cc1NC(=O)c1cnn2cc(-c3cnn(C)c3)sc12. The lowest BCUT2D eigenvalue weighted by Gasteiger charge is -2.32. The molecule has 1 aliphatic carbocycles. The largest absolute Gasteiger partial charge is 0.465 e. The highest BCUT2D eigenvalue weighted by Gasteiger charge is 2.22. The lowest BCUT2D eigenvalue weighted by molar-refractivity contribution is 0.102. The average molecular weight is 537 g/mol. The Bertz CT molecular complexity index is 1450. The molecule has 1 aliphatic rings. The van der Waals surface area contributed by atoms with E-state index >= 15 is 0 Å². The van der Waals surface area contributed by atoms with E-state index in [4.69, 9.17) is 0 Å². The predicted octanol–water partition coefficient (Wildman–Crippen LogP) is 4.50. The average Bonchev–Trinajstić information content (AvgIpc) is 3.62. The van der Waals surface area contributed by atoms with Crippen molar-refractivity contribution in [1.29, 1.82) is 0 Å². The highest BCUT2D eigenvalue weighted by molar-refractivity contribution is 7.21. The monoisotopic (exact) mass is 536 g/mol. The minimum Gasteiger partial charge on any atom is -0.465 e. The third kappa shape index (κ3) is 5.41. The summed E-state index contributed by atoms with van der Waals surface area (Å²) >= 11 is 1.45. The number of carboxylic acid groups (broad SMARTS) is 1. The fourth-order valence-electron chi connectivity index (χ4n) is 4.91. The Balaban J connectivity index is 1.32. The van der Waals surface area contributed by atoms with Crippen molar-refractivity contribution in [3.05, 3.63) is 48.3 Å². The van der Waals surface area contributed by atoms with Crippen molar-refractivity contribution in [1.82, 2.24) is 29.3 Å². The number of aromatic nitrogens is 5. The quantitative estimate of drug-likeness (QED) is 0.340. The van der Waals surface area contributed by atoms with Gasteiger partial charge in [-0.15, -0.1) is 11.3 Å². The van der Waals surface area contributed by atoms with E-state index in [0.29, 0.717) is 46.6 Å². The van der Waals surface area contributed by atoms with Crippen LogP contribution in [0.2, 0.25) is 0 Å². The minimum absolute atomic E-state index is 0.316. The molecule has 0 bridgehead atoms. The molecule has 12 heteroatoms. The molecular weight excluding hydrogens is 504 g/mol. The summed E-state index contributed by atoms with van der Waals surface area (Å²) in [6.07, 6.45) is 13.6. The summed E-state index contributed by atoms with van der Waals surface area (Å²) < 4.78 is 3.40. The fourth-order valence-corrected chi connectivity index (χ4v) is 5.94. The number of aryl methyl sites for hydroxylation is 2. The smallest absolute Gasteiger partial charge is 0.411 e. The first-order valence-corrected chi connectivity index (χ1v) is 13.6. The van der Waals surface area contributed by atoms with Crippen LogP contribution in [0, 0.1) is 6.92 Å². The van der Waals surface area contributed by atoms with Crippen LogP contribution in [-0.2, 0) is 7.05 Å². The lowest BCUT2D eigenvalue weighted by atomic mass is 9.94. The molecular formula is C26H32N8O3S. The van der Waals surface area contributed by atoms with Gasteiger partial charge in [0, 0.05) is 44.1 Å². The van der Waals surface area contributed by atoms with Gasteiger partial charge in [-0.3, -0.25) is 19.4 Å². The molecule has 0 atom stereocenters. The molecule has 0 aromatic carbocycles. The molecule has 0 radical (unpaired) electrons. The Morgan fingerprint density at radius 3 is 2.63 bits per heavy atom. The molecule has 200 valence electrons. The van der Waals surface area contributed by atoms with E-state index in [1.165, 1.54) is 47.9 Å². The zero-order valence-electron chi connectivity index (χ0n) is 21.8. The summed E-state index contributed by atoms with van der Waals surface area (Å²) in [6, 6.07) is 2.17. The molecule has 0 unspecified atom stereocenters. The zero-order valence-corrected chi connectivity index (χ0v) is 22.6. The van der Waals surface area contributed by atoms with Crippen molar-refractivity contribution < 1.29 is 14.7 Å². The van der Waals surface area contributed by atoms with Gasteiger partial charge in [0.1, 0.15) is 4.83 Å². The molecule has 1 fully saturated rings. The number of fused-ring (bicyclic) bond motifs is 1. The van der Waals surface area contributed by atoms with E-state index < -0.39 is 6.09 Å². The van der Waals surface area contributed by atoms with Crippen molar-refractivity contribution in [3.63, 3.8) is 0 Å². The second-order valence-electron chi connectivity index (χ2n) is 9.79. The molecule has 4 aromatic heterocycles. The van der Waals surface area contributed by atoms with Crippen molar-refractivity contribution in [2.75, 3.05) is 30.4 Å². The van der Waals surface area contributed by atoms with E-state index in [1.54, 1.807) is 28.4 Å². The number of hydrogen-bond donors (Lipinski definition) is 2. The maximum Gasteiger partial charge on any atom is 0.411 e. The first-order valence-electron chi connectivity index (χ1n) is 12.7. The number of carbonyl (C=O) groups excluding carboxylic acids is 1. The van der Waals surface area contributed by atoms with Crippen LogP contribution in [0.25, 0.3) is 15.3 Å². The highest BCUT2D eigenvalue weighted by Crippen LogP contribution is 2.31. The summed E-state index contributed by atoms with van der Waals surface area (Å²) in [6.45, 7) is 2.72. The summed E-state index contributed by atoms with van der Waals surface area (Å²) in [5.41, 5.74) is 2.86. The van der Waals surface area contributed by atoms with E-state index in [-0.39, 0.29) is 5.91 Å². The van der Waals surface area contributed by atoms with Crippen molar-refractivity contribution in [2.45, 2.75) is 45.1 Å². The van der Waals surface area contributed by atoms with E-state index in [1.807, 2.05) is 19.4 Å². The van der Waals surface area contributed by atoms with Gasteiger partial charge in [-0.1, -0.05) is 19.3 Å². The number of nitrogens with one attached hydrogen (secondary N) is 1. The first-order chi connectivity index (χ1) is 18.3. The van der Waals surface area contributed by atoms with Crippen LogP contribution in [-0.4, -0.2) is 72.6 Å². The number of rotatable bonds is 8. The van der Waals surface area contributed by atoms with Crippen LogP contribution in [0.1, 0.15) is 48.2 Å². The first kappa shape index (κ1) is 25.9. The van der Waals surface area contributed by atoms with Crippen molar-refractivity contribution in [3.8, 4) is 10.4 Å². The number of pyridine rings is 1. The van der Waals surface area contributed by atoms with Gasteiger partial charge in [0.25, 0.3) is 5.91 Å². The van der Waals surface area contributed by atoms with Crippen LogP contribution >= 0.6 is 11.3 Å². The summed E-state index contributed by atoms with van der Waals surface area (Å²) in [7, 11) is 3.91. The van der Waals surface area contributed by atoms with Crippen LogP contribution in [0.4, 0.5) is 16.2 Å². The summed E-state index contributed by atoms with van der Waals surface area (Å²) in [4.78, 5) is 35.0. The molecule has 0 saturated heterocycles. The fraction of sp³-hybridized carbons (Fsp3) is 0.423. The number of anilines is 2. The molecule has 2 amide bonds. The van der Waals surface area contributed by atoms with Gasteiger partial charge in [-0.25, -0.2) is 9.31 Å². The normalized spacial score (nSPS) is 14.3. The summed E-state index contributed by atoms with van der Waals surface area (Å²) in [5, 5.41) is 21.4. The Kier molecular flexibility index (Phi) is 7.43. The predicted molar refractivity (Wildman–Crippen MR) is 147 cm³/mol. The number of nitrogens with zero attached hydrogens (tertiary/aromatic N) is 7. The molecule has 2 N–H and O–H groups in total. The Labute approximate surface area is 224 Å². The highest BCUT2D eigenvalue weighted by atomic mass is 32.1. The van der Waals surface area contributed by atoms with Crippen molar-refractivity contribution in [2.24, 2.45) is 7.05 Å². The van der Waals surface area contributed by atoms with E-state index in [9.17, 15) is 14.7 Å². The lowest BCUT2D eigenvalue weighted by Crippen LogP contribution is -2.41. The number of amides is 2. The summed E-state index contributed by atoms with van der Waals surface area (Å²) in [5.74, 6) is -0.333. The van der Waals surface area contributed by atoms with Crippen LogP contribution in [0.3, 0.4) is 0 Å². The zero-order chi connectivity index (χ0) is 26.8. The Morgan fingerprint density at radius 2 is 1.92 bits per heavy atom. The number of likely N-dealkylation sites (N-methyl/N-ethyl adjacent to an activating group) is 1. The van der Waals surface area contributed by atoms with Gasteiger partial charge in [0.2, 0.25) is 0 Å². The molecule has 0 aliphatic heterocycles. The van der Waals surface area contributed by atoms with Crippen LogP contribution < -0.4 is 10.2 Å². The number of thiazole rings is 1. The van der Waals surface area contributed by atoms with Crippen LogP contribution in [0.5, 0.6) is 0 Å². The minimum atomic E-state index is -1.05. The standard InChI is InChI=1S/C26H32N8O3S/c1-17-22(11-20(13-27-17)33(26(36)37)10-9-31(2)19-7-5-4-6-8-19)30-24(35)21-14-29-34-16-23(38-25(21)34)18-12-28-32(3)15-18/h11-16,19H,4-10H2,1-3H3,(H,30,35)(H,36,37). The van der Waals surface area contributed by atoms with Crippen LogP contribution in [0.15, 0.2) is 37.1 Å². The van der Waals surface area contributed by atoms with Gasteiger partial charge in [0.15, 0.2) is 0 Å². The van der Waals surface area contributed by atoms with E-state index in [2.05, 4.69) is 32.4 Å². The Morgan fingerprint density at radius 1 is 1.13 bits per heavy atom. The Hall–Kier alpha value is -3.77.